The maximum absolute atomic E-state index is 13.5. The second-order valence-electron chi connectivity index (χ2n) is 4.61. The molecule has 2 rings (SSSR count). The molecule has 1 unspecified atom stereocenters. The SMILES string of the molecule is CCNC(Cc1cc(F)cc(Br)c1)c1ncc(Cl)cc1Cl. The molecule has 0 spiro atoms. The molecule has 0 bridgehead atoms. The molecule has 0 saturated heterocycles. The van der Waals surface area contributed by atoms with Gasteiger partial charge in [-0.15, -0.1) is 0 Å². The Bertz CT molecular complexity index is 617. The molecule has 112 valence electrons. The Hall–Kier alpha value is -0.680. The number of nitrogens with zero attached hydrogens (tertiary/aromatic N) is 1. The maximum atomic E-state index is 13.5. The van der Waals surface area contributed by atoms with Crippen LogP contribution in [0.2, 0.25) is 10.0 Å². The Balaban J connectivity index is 2.30. The van der Waals surface area contributed by atoms with Gasteiger partial charge in [-0.1, -0.05) is 46.1 Å². The van der Waals surface area contributed by atoms with Crippen molar-refractivity contribution in [1.82, 2.24) is 10.3 Å². The zero-order valence-electron chi connectivity index (χ0n) is 11.3. The van der Waals surface area contributed by atoms with Crippen molar-refractivity contribution in [2.75, 3.05) is 6.54 Å². The number of nitrogens with one attached hydrogen (secondary N) is 1. The van der Waals surface area contributed by atoms with E-state index >= 15 is 0 Å². The van der Waals surface area contributed by atoms with Crippen molar-refractivity contribution in [2.45, 2.75) is 19.4 Å². The second kappa shape index (κ2) is 7.54. The van der Waals surface area contributed by atoms with Crippen molar-refractivity contribution >= 4 is 39.1 Å². The van der Waals surface area contributed by atoms with Crippen molar-refractivity contribution < 1.29 is 4.39 Å². The fourth-order valence-electron chi connectivity index (χ4n) is 2.16. The average molecular weight is 392 g/mol. The molecule has 1 atom stereocenters. The van der Waals surface area contributed by atoms with Gasteiger partial charge in [0.2, 0.25) is 0 Å². The van der Waals surface area contributed by atoms with Crippen LogP contribution in [0.15, 0.2) is 34.9 Å². The van der Waals surface area contributed by atoms with Gasteiger partial charge in [0, 0.05) is 10.7 Å². The van der Waals surface area contributed by atoms with Crippen LogP contribution in [0.3, 0.4) is 0 Å². The molecule has 1 heterocycles. The largest absolute Gasteiger partial charge is 0.309 e. The monoisotopic (exact) mass is 390 g/mol. The van der Waals surface area contributed by atoms with Crippen LogP contribution in [0.1, 0.15) is 24.2 Å². The van der Waals surface area contributed by atoms with Gasteiger partial charge in [0.15, 0.2) is 0 Å². The van der Waals surface area contributed by atoms with Crippen LogP contribution in [0.4, 0.5) is 4.39 Å². The molecule has 0 amide bonds. The van der Waals surface area contributed by atoms with E-state index in [-0.39, 0.29) is 11.9 Å². The first-order valence-electron chi connectivity index (χ1n) is 6.49. The number of benzene rings is 1. The first kappa shape index (κ1) is 16.7. The zero-order chi connectivity index (χ0) is 15.4. The first-order chi connectivity index (χ1) is 9.99. The predicted octanol–water partition coefficient (Wildman–Crippen LogP) is 5.18. The van der Waals surface area contributed by atoms with Crippen molar-refractivity contribution in [2.24, 2.45) is 0 Å². The molecule has 1 aromatic heterocycles. The van der Waals surface area contributed by atoms with E-state index in [1.807, 2.05) is 13.0 Å². The van der Waals surface area contributed by atoms with Crippen LogP contribution >= 0.6 is 39.1 Å². The van der Waals surface area contributed by atoms with Crippen LogP contribution in [0.5, 0.6) is 0 Å². The predicted molar refractivity (Wildman–Crippen MR) is 88.5 cm³/mol. The minimum Gasteiger partial charge on any atom is -0.309 e. The van der Waals surface area contributed by atoms with Gasteiger partial charge in [-0.2, -0.15) is 0 Å². The molecular weight excluding hydrogens is 378 g/mol. The Kier molecular flexibility index (Phi) is 5.99. The summed E-state index contributed by atoms with van der Waals surface area (Å²) in [4.78, 5) is 4.31. The van der Waals surface area contributed by atoms with Gasteiger partial charge >= 0.3 is 0 Å². The third kappa shape index (κ3) is 4.65. The summed E-state index contributed by atoms with van der Waals surface area (Å²) >= 11 is 15.4. The summed E-state index contributed by atoms with van der Waals surface area (Å²) in [6, 6.07) is 6.39. The molecule has 0 aliphatic rings. The van der Waals surface area contributed by atoms with Crippen molar-refractivity contribution in [1.29, 1.82) is 0 Å². The summed E-state index contributed by atoms with van der Waals surface area (Å²) in [5.74, 6) is -0.273. The van der Waals surface area contributed by atoms with Crippen molar-refractivity contribution in [3.05, 3.63) is 62.1 Å². The van der Waals surface area contributed by atoms with Gasteiger partial charge in [0.25, 0.3) is 0 Å². The lowest BCUT2D eigenvalue weighted by Gasteiger charge is -2.19. The van der Waals surface area contributed by atoms with E-state index in [1.165, 1.54) is 12.1 Å². The van der Waals surface area contributed by atoms with Crippen molar-refractivity contribution in [3.8, 4) is 0 Å². The highest BCUT2D eigenvalue weighted by molar-refractivity contribution is 9.10. The summed E-state index contributed by atoms with van der Waals surface area (Å²) in [6.45, 7) is 2.75. The third-order valence-electron chi connectivity index (χ3n) is 2.98. The molecule has 1 N–H and O–H groups in total. The Morgan fingerprint density at radius 1 is 1.29 bits per heavy atom. The van der Waals surface area contributed by atoms with E-state index in [9.17, 15) is 4.39 Å². The fraction of sp³-hybridized carbons (Fsp3) is 0.267. The lowest BCUT2D eigenvalue weighted by Crippen LogP contribution is -2.24. The quantitative estimate of drug-likeness (QED) is 0.759. The molecule has 0 aliphatic carbocycles. The number of likely N-dealkylation sites (N-methyl/N-ethyl adjacent to an activating group) is 1. The molecule has 21 heavy (non-hydrogen) atoms. The minimum absolute atomic E-state index is 0.103. The van der Waals surface area contributed by atoms with Crippen LogP contribution < -0.4 is 5.32 Å². The van der Waals surface area contributed by atoms with E-state index in [0.717, 1.165) is 12.1 Å². The Morgan fingerprint density at radius 2 is 2.05 bits per heavy atom. The minimum atomic E-state index is -0.273. The molecule has 0 fully saturated rings. The number of pyridine rings is 1. The standard InChI is InChI=1S/C15H14BrCl2FN2/c1-2-20-14(15-13(18)7-11(17)8-21-15)5-9-3-10(16)6-12(19)4-9/h3-4,6-8,14,20H,2,5H2,1H3. The van der Waals surface area contributed by atoms with Gasteiger partial charge in [-0.05, 0) is 42.8 Å². The smallest absolute Gasteiger partial charge is 0.124 e. The fourth-order valence-corrected chi connectivity index (χ4v) is 3.18. The summed E-state index contributed by atoms with van der Waals surface area (Å²) in [5, 5.41) is 4.32. The number of halogens is 4. The Morgan fingerprint density at radius 3 is 2.67 bits per heavy atom. The summed E-state index contributed by atoms with van der Waals surface area (Å²) in [6.07, 6.45) is 2.15. The van der Waals surface area contributed by atoms with Gasteiger partial charge < -0.3 is 5.32 Å². The molecule has 0 aliphatic heterocycles. The molecule has 2 nitrogen and oxygen atoms in total. The van der Waals surface area contributed by atoms with Gasteiger partial charge in [-0.25, -0.2) is 4.39 Å². The highest BCUT2D eigenvalue weighted by atomic mass is 79.9. The van der Waals surface area contributed by atoms with Crippen LogP contribution in [0.25, 0.3) is 0 Å². The van der Waals surface area contributed by atoms with E-state index < -0.39 is 0 Å². The lowest BCUT2D eigenvalue weighted by molar-refractivity contribution is 0.534. The molecular formula is C15H14BrCl2FN2. The highest BCUT2D eigenvalue weighted by Crippen LogP contribution is 2.27. The number of hydrogen-bond acceptors (Lipinski definition) is 2. The van der Waals surface area contributed by atoms with E-state index in [4.69, 9.17) is 23.2 Å². The number of hydrogen-bond donors (Lipinski definition) is 1. The Labute approximate surface area is 141 Å². The zero-order valence-corrected chi connectivity index (χ0v) is 14.4. The van der Waals surface area contributed by atoms with Gasteiger partial charge in [-0.3, -0.25) is 4.98 Å². The topological polar surface area (TPSA) is 24.9 Å². The molecule has 2 aromatic rings. The maximum Gasteiger partial charge on any atom is 0.124 e. The number of rotatable bonds is 5. The number of aromatic nitrogens is 1. The molecule has 0 radical (unpaired) electrons. The first-order valence-corrected chi connectivity index (χ1v) is 8.03. The van der Waals surface area contributed by atoms with E-state index in [2.05, 4.69) is 26.2 Å². The summed E-state index contributed by atoms with van der Waals surface area (Å²) in [7, 11) is 0. The summed E-state index contributed by atoms with van der Waals surface area (Å²) in [5.41, 5.74) is 1.57. The van der Waals surface area contributed by atoms with Gasteiger partial charge in [0.05, 0.1) is 21.8 Å². The molecule has 1 aromatic carbocycles. The normalized spacial score (nSPS) is 12.4. The van der Waals surface area contributed by atoms with Gasteiger partial charge in [0.1, 0.15) is 5.82 Å². The lowest BCUT2D eigenvalue weighted by atomic mass is 10.0. The van der Waals surface area contributed by atoms with Crippen LogP contribution in [0, 0.1) is 5.82 Å². The highest BCUT2D eigenvalue weighted by Gasteiger charge is 2.17. The second-order valence-corrected chi connectivity index (χ2v) is 6.37. The van der Waals surface area contributed by atoms with Crippen LogP contribution in [-0.2, 0) is 6.42 Å². The van der Waals surface area contributed by atoms with Crippen molar-refractivity contribution in [3.63, 3.8) is 0 Å². The third-order valence-corrected chi connectivity index (χ3v) is 3.95. The summed E-state index contributed by atoms with van der Waals surface area (Å²) < 4.78 is 14.2. The average Bonchev–Trinajstić information content (AvgIpc) is 2.37. The van der Waals surface area contributed by atoms with Crippen LogP contribution in [-0.4, -0.2) is 11.5 Å². The molecule has 0 saturated carbocycles. The van der Waals surface area contributed by atoms with E-state index in [0.29, 0.717) is 26.6 Å². The van der Waals surface area contributed by atoms with E-state index in [1.54, 1.807) is 12.3 Å². The molecule has 6 heteroatoms.